The summed E-state index contributed by atoms with van der Waals surface area (Å²) >= 11 is 0. The van der Waals surface area contributed by atoms with Crippen LogP contribution in [0.25, 0.3) is 0 Å². The summed E-state index contributed by atoms with van der Waals surface area (Å²) < 4.78 is 5.29. The second-order valence-electron chi connectivity index (χ2n) is 6.23. The molecule has 0 aliphatic carbocycles. The van der Waals surface area contributed by atoms with Gasteiger partial charge in [0.05, 0.1) is 6.54 Å². The predicted molar refractivity (Wildman–Crippen MR) is 99.4 cm³/mol. The summed E-state index contributed by atoms with van der Waals surface area (Å²) in [4.78, 5) is 36.5. The van der Waals surface area contributed by atoms with Crippen LogP contribution < -0.4 is 10.5 Å². The number of carboxylic acids is 1. The molecule has 7 heteroatoms. The van der Waals surface area contributed by atoms with Crippen molar-refractivity contribution in [2.75, 3.05) is 13.2 Å². The van der Waals surface area contributed by atoms with Gasteiger partial charge in [0.15, 0.2) is 6.61 Å². The van der Waals surface area contributed by atoms with E-state index in [1.807, 2.05) is 30.3 Å². The van der Waals surface area contributed by atoms with Gasteiger partial charge in [0, 0.05) is 12.1 Å². The molecule has 0 unspecified atom stereocenters. The molecule has 0 atom stereocenters. The Kier molecular flexibility index (Phi) is 6.54. The molecule has 0 saturated carbocycles. The van der Waals surface area contributed by atoms with E-state index in [1.54, 1.807) is 26.0 Å². The van der Waals surface area contributed by atoms with E-state index >= 15 is 0 Å². The number of hydrogen-bond acceptors (Lipinski definition) is 4. The number of aliphatic carboxylic acids is 1. The third-order valence-corrected chi connectivity index (χ3v) is 3.90. The molecule has 3 N–H and O–H groups in total. The highest BCUT2D eigenvalue weighted by atomic mass is 16.5. The Hall–Kier alpha value is -3.35. The maximum atomic E-state index is 12.9. The number of carbonyl (C=O) groups excluding carboxylic acids is 2. The number of rotatable bonds is 8. The SMILES string of the molecule is Cc1cc(C(=O)N(CC(N)=O)Cc2ccccc2)cc(C)c1OCC(=O)O. The van der Waals surface area contributed by atoms with Gasteiger partial charge < -0.3 is 20.5 Å². The van der Waals surface area contributed by atoms with Crippen molar-refractivity contribution < 1.29 is 24.2 Å². The van der Waals surface area contributed by atoms with Crippen LogP contribution in [0.1, 0.15) is 27.0 Å². The summed E-state index contributed by atoms with van der Waals surface area (Å²) in [6, 6.07) is 12.5. The van der Waals surface area contributed by atoms with Crippen LogP contribution in [0.4, 0.5) is 0 Å². The Labute approximate surface area is 157 Å². The molecule has 2 amide bonds. The van der Waals surface area contributed by atoms with Crippen LogP contribution in [0.2, 0.25) is 0 Å². The van der Waals surface area contributed by atoms with Crippen molar-refractivity contribution >= 4 is 17.8 Å². The molecule has 0 aromatic heterocycles. The highest BCUT2D eigenvalue weighted by molar-refractivity contribution is 5.97. The first-order valence-corrected chi connectivity index (χ1v) is 8.35. The minimum atomic E-state index is -1.08. The molecule has 0 saturated heterocycles. The zero-order chi connectivity index (χ0) is 20.0. The average Bonchev–Trinajstić information content (AvgIpc) is 2.60. The highest BCUT2D eigenvalue weighted by Gasteiger charge is 2.20. The number of carbonyl (C=O) groups is 3. The van der Waals surface area contributed by atoms with Crippen LogP contribution in [0, 0.1) is 13.8 Å². The molecule has 27 heavy (non-hydrogen) atoms. The molecule has 7 nitrogen and oxygen atoms in total. The Morgan fingerprint density at radius 1 is 1.07 bits per heavy atom. The van der Waals surface area contributed by atoms with E-state index in [0.29, 0.717) is 22.4 Å². The first kappa shape index (κ1) is 20.0. The number of nitrogens with two attached hydrogens (primary N) is 1. The van der Waals surface area contributed by atoms with Gasteiger partial charge in [-0.25, -0.2) is 4.79 Å². The lowest BCUT2D eigenvalue weighted by Gasteiger charge is -2.22. The summed E-state index contributed by atoms with van der Waals surface area (Å²) in [5, 5.41) is 8.77. The lowest BCUT2D eigenvalue weighted by Crippen LogP contribution is -2.38. The van der Waals surface area contributed by atoms with Gasteiger partial charge in [0.2, 0.25) is 5.91 Å². The molecule has 0 bridgehead atoms. The first-order chi connectivity index (χ1) is 12.8. The first-order valence-electron chi connectivity index (χ1n) is 8.35. The molecule has 0 fully saturated rings. The standard InChI is InChI=1S/C20H22N2O5/c1-13-8-16(9-14(2)19(13)27-12-18(24)25)20(26)22(11-17(21)23)10-15-6-4-3-5-7-15/h3-9H,10-12H2,1-2H3,(H2,21,23)(H,24,25). The number of carboxylic acid groups (broad SMARTS) is 1. The third kappa shape index (κ3) is 5.57. The minimum absolute atomic E-state index is 0.205. The summed E-state index contributed by atoms with van der Waals surface area (Å²) in [6.45, 7) is 3.05. The lowest BCUT2D eigenvalue weighted by molar-refractivity contribution is -0.139. The summed E-state index contributed by atoms with van der Waals surface area (Å²) in [6.07, 6.45) is 0. The highest BCUT2D eigenvalue weighted by Crippen LogP contribution is 2.26. The van der Waals surface area contributed by atoms with Crippen molar-refractivity contribution in [2.45, 2.75) is 20.4 Å². The van der Waals surface area contributed by atoms with Gasteiger partial charge in [-0.05, 0) is 42.7 Å². The molecule has 0 aliphatic heterocycles. The van der Waals surface area contributed by atoms with E-state index in [-0.39, 0.29) is 19.0 Å². The topological polar surface area (TPSA) is 110 Å². The quantitative estimate of drug-likeness (QED) is 0.737. The second kappa shape index (κ2) is 8.84. The van der Waals surface area contributed by atoms with Gasteiger partial charge in [-0.2, -0.15) is 0 Å². The van der Waals surface area contributed by atoms with Crippen LogP contribution in [0.3, 0.4) is 0 Å². The summed E-state index contributed by atoms with van der Waals surface area (Å²) in [7, 11) is 0. The Morgan fingerprint density at radius 2 is 1.67 bits per heavy atom. The number of hydrogen-bond donors (Lipinski definition) is 2. The Bertz CT molecular complexity index is 826. The Morgan fingerprint density at radius 3 is 2.19 bits per heavy atom. The van der Waals surface area contributed by atoms with Gasteiger partial charge in [0.1, 0.15) is 5.75 Å². The van der Waals surface area contributed by atoms with Crippen molar-refractivity contribution in [1.29, 1.82) is 0 Å². The fourth-order valence-corrected chi connectivity index (χ4v) is 2.81. The smallest absolute Gasteiger partial charge is 0.341 e. The molecule has 0 spiro atoms. The number of ether oxygens (including phenoxy) is 1. The van der Waals surface area contributed by atoms with Crippen molar-refractivity contribution in [1.82, 2.24) is 4.90 Å². The minimum Gasteiger partial charge on any atom is -0.481 e. The molecular formula is C20H22N2O5. The zero-order valence-corrected chi connectivity index (χ0v) is 15.3. The predicted octanol–water partition coefficient (Wildman–Crippen LogP) is 1.89. The Balaban J connectivity index is 2.28. The maximum absolute atomic E-state index is 12.9. The molecule has 142 valence electrons. The van der Waals surface area contributed by atoms with Crippen molar-refractivity contribution in [3.05, 3.63) is 64.7 Å². The molecule has 0 heterocycles. The molecule has 2 aromatic rings. The van der Waals surface area contributed by atoms with Gasteiger partial charge in [0.25, 0.3) is 5.91 Å². The van der Waals surface area contributed by atoms with Gasteiger partial charge >= 0.3 is 5.97 Å². The number of primary amides is 1. The lowest BCUT2D eigenvalue weighted by atomic mass is 10.0. The van der Waals surface area contributed by atoms with Crippen LogP contribution in [0.15, 0.2) is 42.5 Å². The number of amides is 2. The molecular weight excluding hydrogens is 348 g/mol. The second-order valence-corrected chi connectivity index (χ2v) is 6.23. The van der Waals surface area contributed by atoms with Gasteiger partial charge in [-0.15, -0.1) is 0 Å². The van der Waals surface area contributed by atoms with Crippen molar-refractivity contribution in [3.63, 3.8) is 0 Å². The monoisotopic (exact) mass is 370 g/mol. The van der Waals surface area contributed by atoms with E-state index in [9.17, 15) is 14.4 Å². The maximum Gasteiger partial charge on any atom is 0.341 e. The van der Waals surface area contributed by atoms with Crippen LogP contribution in [0.5, 0.6) is 5.75 Å². The van der Waals surface area contributed by atoms with Crippen molar-refractivity contribution in [2.24, 2.45) is 5.73 Å². The number of nitrogens with zero attached hydrogens (tertiary/aromatic N) is 1. The largest absolute Gasteiger partial charge is 0.481 e. The van der Waals surface area contributed by atoms with Crippen LogP contribution in [-0.4, -0.2) is 40.9 Å². The van der Waals surface area contributed by atoms with E-state index in [4.69, 9.17) is 15.6 Å². The molecule has 2 aromatic carbocycles. The van der Waals surface area contributed by atoms with E-state index in [0.717, 1.165) is 5.56 Å². The van der Waals surface area contributed by atoms with Gasteiger partial charge in [-0.3, -0.25) is 9.59 Å². The zero-order valence-electron chi connectivity index (χ0n) is 15.3. The van der Waals surface area contributed by atoms with E-state index in [2.05, 4.69) is 0 Å². The number of aryl methyl sites for hydroxylation is 2. The van der Waals surface area contributed by atoms with Gasteiger partial charge in [-0.1, -0.05) is 30.3 Å². The van der Waals surface area contributed by atoms with E-state index in [1.165, 1.54) is 4.90 Å². The normalized spacial score (nSPS) is 10.3. The third-order valence-electron chi connectivity index (χ3n) is 3.90. The average molecular weight is 370 g/mol. The van der Waals surface area contributed by atoms with Crippen molar-refractivity contribution in [3.8, 4) is 5.75 Å². The summed E-state index contributed by atoms with van der Waals surface area (Å²) in [5.74, 6) is -1.59. The number of benzene rings is 2. The molecule has 2 rings (SSSR count). The molecule has 0 radical (unpaired) electrons. The summed E-state index contributed by atoms with van der Waals surface area (Å²) in [5.41, 5.74) is 7.84. The van der Waals surface area contributed by atoms with Crippen LogP contribution in [-0.2, 0) is 16.1 Å². The van der Waals surface area contributed by atoms with Crippen LogP contribution >= 0.6 is 0 Å². The molecule has 0 aliphatic rings. The fourth-order valence-electron chi connectivity index (χ4n) is 2.81. The van der Waals surface area contributed by atoms with E-state index < -0.39 is 18.5 Å². The fraction of sp³-hybridized carbons (Fsp3) is 0.250.